The number of hydrogen-bond acceptors (Lipinski definition) is 3. The summed E-state index contributed by atoms with van der Waals surface area (Å²) in [5.41, 5.74) is 0. The first kappa shape index (κ1) is 19.0. The van der Waals surface area contributed by atoms with Gasteiger partial charge in [0.05, 0.1) is 10.9 Å². The van der Waals surface area contributed by atoms with Crippen LogP contribution in [0.25, 0.3) is 0 Å². The minimum atomic E-state index is -0.146. The Kier molecular flexibility index (Phi) is 7.31. The Labute approximate surface area is 153 Å². The van der Waals surface area contributed by atoms with E-state index >= 15 is 0 Å². The summed E-state index contributed by atoms with van der Waals surface area (Å²) >= 11 is 7.40. The zero-order valence-electron chi connectivity index (χ0n) is 14.3. The first-order valence-corrected chi connectivity index (χ1v) is 9.68. The predicted molar refractivity (Wildman–Crippen MR) is 99.2 cm³/mol. The van der Waals surface area contributed by atoms with E-state index in [1.165, 1.54) is 42.8 Å². The van der Waals surface area contributed by atoms with Gasteiger partial charge in [0.25, 0.3) is 0 Å². The van der Waals surface area contributed by atoms with Crippen LogP contribution in [-0.4, -0.2) is 41.2 Å². The fourth-order valence-electron chi connectivity index (χ4n) is 2.98. The molecule has 1 aliphatic carbocycles. The molecule has 2 amide bonds. The van der Waals surface area contributed by atoms with E-state index in [4.69, 9.17) is 11.6 Å². The second-order valence-electron chi connectivity index (χ2n) is 6.13. The summed E-state index contributed by atoms with van der Waals surface area (Å²) in [6, 6.07) is 4.06. The van der Waals surface area contributed by atoms with Crippen molar-refractivity contribution in [2.45, 2.75) is 51.6 Å². The fraction of sp³-hybridized carbons (Fsp3) is 0.556. The third kappa shape index (κ3) is 5.35. The predicted octanol–water partition coefficient (Wildman–Crippen LogP) is 4.10. The maximum atomic E-state index is 12.3. The summed E-state index contributed by atoms with van der Waals surface area (Å²) in [6.45, 7) is 3.03. The van der Waals surface area contributed by atoms with Gasteiger partial charge in [-0.1, -0.05) is 30.9 Å². The molecule has 0 unspecified atom stereocenters. The summed E-state index contributed by atoms with van der Waals surface area (Å²) in [7, 11) is 1.83. The van der Waals surface area contributed by atoms with Crippen molar-refractivity contribution in [2.75, 3.05) is 13.6 Å². The Hall–Kier alpha value is -1.33. The number of carbonyl (C=O) groups is 2. The van der Waals surface area contributed by atoms with E-state index in [2.05, 4.69) is 0 Å². The molecule has 1 aromatic rings. The average Bonchev–Trinajstić information content (AvgIpc) is 3.02. The molecule has 0 aliphatic heterocycles. The molecule has 2 rings (SSSR count). The van der Waals surface area contributed by atoms with Crippen molar-refractivity contribution in [3.05, 3.63) is 33.5 Å². The molecule has 1 fully saturated rings. The van der Waals surface area contributed by atoms with Crippen molar-refractivity contribution in [3.8, 4) is 0 Å². The van der Waals surface area contributed by atoms with E-state index in [1.807, 2.05) is 26.1 Å². The fourth-order valence-corrected chi connectivity index (χ4v) is 4.09. The summed E-state index contributed by atoms with van der Waals surface area (Å²) in [5.74, 6) is -0.238. The zero-order valence-corrected chi connectivity index (χ0v) is 15.9. The van der Waals surface area contributed by atoms with E-state index < -0.39 is 0 Å². The third-order valence-electron chi connectivity index (χ3n) is 4.51. The molecule has 0 saturated heterocycles. The van der Waals surface area contributed by atoms with E-state index in [-0.39, 0.29) is 11.8 Å². The van der Waals surface area contributed by atoms with Crippen molar-refractivity contribution in [1.82, 2.24) is 9.80 Å². The molecular formula is C18H25ClN2O2S. The highest BCUT2D eigenvalue weighted by Crippen LogP contribution is 2.23. The van der Waals surface area contributed by atoms with Crippen LogP contribution in [0.5, 0.6) is 0 Å². The minimum absolute atomic E-state index is 0.0922. The first-order valence-electron chi connectivity index (χ1n) is 8.49. The van der Waals surface area contributed by atoms with Crippen molar-refractivity contribution in [2.24, 2.45) is 0 Å². The van der Waals surface area contributed by atoms with Gasteiger partial charge in [-0.3, -0.25) is 9.59 Å². The van der Waals surface area contributed by atoms with Gasteiger partial charge in [-0.15, -0.1) is 11.3 Å². The number of amides is 2. The van der Waals surface area contributed by atoms with Gasteiger partial charge in [0.1, 0.15) is 0 Å². The SMILES string of the molecule is CCN(Cc1ccc(Cl)s1)C(=O)C=CC(=O)N(C)C1CCCCC1. The summed E-state index contributed by atoms with van der Waals surface area (Å²) in [4.78, 5) is 29.1. The normalized spacial score (nSPS) is 15.6. The lowest BCUT2D eigenvalue weighted by molar-refractivity contribution is -0.129. The van der Waals surface area contributed by atoms with E-state index in [0.717, 1.165) is 17.7 Å². The molecule has 132 valence electrons. The standard InChI is InChI=1S/C18H25ClN2O2S/c1-3-21(13-15-9-10-16(19)24-15)18(23)12-11-17(22)20(2)14-7-5-4-6-8-14/h9-12,14H,3-8,13H2,1-2H3. The number of rotatable bonds is 6. The Balaban J connectivity index is 1.90. The molecule has 1 heterocycles. The van der Waals surface area contributed by atoms with Crippen LogP contribution in [0.4, 0.5) is 0 Å². The lowest BCUT2D eigenvalue weighted by atomic mass is 9.94. The average molecular weight is 369 g/mol. The smallest absolute Gasteiger partial charge is 0.247 e. The van der Waals surface area contributed by atoms with Gasteiger partial charge in [-0.25, -0.2) is 0 Å². The summed E-state index contributed by atoms with van der Waals surface area (Å²) in [5, 5.41) is 0. The summed E-state index contributed by atoms with van der Waals surface area (Å²) in [6.07, 6.45) is 8.52. The Morgan fingerprint density at radius 2 is 1.88 bits per heavy atom. The molecule has 24 heavy (non-hydrogen) atoms. The molecule has 4 nitrogen and oxygen atoms in total. The Morgan fingerprint density at radius 1 is 1.21 bits per heavy atom. The number of carbonyl (C=O) groups excluding carboxylic acids is 2. The van der Waals surface area contributed by atoms with Crippen LogP contribution < -0.4 is 0 Å². The largest absolute Gasteiger partial charge is 0.339 e. The monoisotopic (exact) mass is 368 g/mol. The van der Waals surface area contributed by atoms with Crippen LogP contribution in [-0.2, 0) is 16.1 Å². The van der Waals surface area contributed by atoms with E-state index in [9.17, 15) is 9.59 Å². The van der Waals surface area contributed by atoms with Crippen molar-refractivity contribution < 1.29 is 9.59 Å². The van der Waals surface area contributed by atoms with Gasteiger partial charge < -0.3 is 9.80 Å². The van der Waals surface area contributed by atoms with Crippen molar-refractivity contribution in [3.63, 3.8) is 0 Å². The number of hydrogen-bond donors (Lipinski definition) is 0. The second kappa shape index (κ2) is 9.23. The number of likely N-dealkylation sites (N-methyl/N-ethyl adjacent to an activating group) is 2. The van der Waals surface area contributed by atoms with Crippen LogP contribution in [0, 0.1) is 0 Å². The van der Waals surface area contributed by atoms with E-state index in [0.29, 0.717) is 23.5 Å². The molecule has 0 aromatic carbocycles. The van der Waals surface area contributed by atoms with E-state index in [1.54, 1.807) is 9.80 Å². The third-order valence-corrected chi connectivity index (χ3v) is 5.72. The number of halogens is 1. The van der Waals surface area contributed by atoms with Crippen LogP contribution in [0.2, 0.25) is 4.34 Å². The molecule has 0 bridgehead atoms. The van der Waals surface area contributed by atoms with Crippen molar-refractivity contribution >= 4 is 34.8 Å². The zero-order chi connectivity index (χ0) is 17.5. The Morgan fingerprint density at radius 3 is 2.46 bits per heavy atom. The molecular weight excluding hydrogens is 344 g/mol. The van der Waals surface area contributed by atoms with Gasteiger partial charge >= 0.3 is 0 Å². The lowest BCUT2D eigenvalue weighted by Gasteiger charge is -2.30. The second-order valence-corrected chi connectivity index (χ2v) is 7.93. The molecule has 6 heteroatoms. The van der Waals surface area contributed by atoms with Gasteiger partial charge in [-0.05, 0) is 31.9 Å². The maximum Gasteiger partial charge on any atom is 0.247 e. The molecule has 0 spiro atoms. The van der Waals surface area contributed by atoms with Crippen molar-refractivity contribution in [1.29, 1.82) is 0 Å². The molecule has 0 atom stereocenters. The van der Waals surface area contributed by atoms with Crippen LogP contribution in [0.3, 0.4) is 0 Å². The molecule has 1 saturated carbocycles. The lowest BCUT2D eigenvalue weighted by Crippen LogP contribution is -2.37. The highest BCUT2D eigenvalue weighted by molar-refractivity contribution is 7.16. The number of nitrogens with zero attached hydrogens (tertiary/aromatic N) is 2. The summed E-state index contributed by atoms with van der Waals surface area (Å²) < 4.78 is 0.716. The number of thiophene rings is 1. The minimum Gasteiger partial charge on any atom is -0.339 e. The highest BCUT2D eigenvalue weighted by Gasteiger charge is 2.21. The highest BCUT2D eigenvalue weighted by atomic mass is 35.5. The van der Waals surface area contributed by atoms with Crippen LogP contribution in [0.15, 0.2) is 24.3 Å². The quantitative estimate of drug-likeness (QED) is 0.709. The molecule has 1 aromatic heterocycles. The van der Waals surface area contributed by atoms with Gasteiger partial charge in [0.15, 0.2) is 0 Å². The van der Waals surface area contributed by atoms with Gasteiger partial charge in [0.2, 0.25) is 11.8 Å². The molecule has 0 N–H and O–H groups in total. The molecule has 0 radical (unpaired) electrons. The maximum absolute atomic E-state index is 12.3. The molecule has 1 aliphatic rings. The van der Waals surface area contributed by atoms with Crippen LogP contribution >= 0.6 is 22.9 Å². The van der Waals surface area contributed by atoms with Crippen LogP contribution in [0.1, 0.15) is 43.9 Å². The Bertz CT molecular complexity index is 594. The van der Waals surface area contributed by atoms with Gasteiger partial charge in [0, 0.05) is 36.7 Å². The topological polar surface area (TPSA) is 40.6 Å². The van der Waals surface area contributed by atoms with Gasteiger partial charge in [-0.2, -0.15) is 0 Å². The first-order chi connectivity index (χ1) is 11.5.